The molecule has 27 heavy (non-hydrogen) atoms. The maximum Gasteiger partial charge on any atom is 0.107 e. The highest BCUT2D eigenvalue weighted by Crippen LogP contribution is 2.46. The Morgan fingerprint density at radius 3 is 2.41 bits per heavy atom. The van der Waals surface area contributed by atoms with E-state index in [4.69, 9.17) is 5.26 Å². The number of hydrogen-bond acceptors (Lipinski definition) is 2. The van der Waals surface area contributed by atoms with Crippen LogP contribution in [0.5, 0.6) is 0 Å². The quantitative estimate of drug-likeness (QED) is 0.498. The van der Waals surface area contributed by atoms with Gasteiger partial charge in [0.1, 0.15) is 6.61 Å². The summed E-state index contributed by atoms with van der Waals surface area (Å²) in [5.41, 5.74) is 9.98. The van der Waals surface area contributed by atoms with Crippen LogP contribution in [0.15, 0.2) is 36.4 Å². The van der Waals surface area contributed by atoms with Gasteiger partial charge in [0.2, 0.25) is 0 Å². The van der Waals surface area contributed by atoms with Crippen LogP contribution in [0, 0.1) is 0 Å². The fraction of sp³-hybridized carbons (Fsp3) is 0.440. The molecule has 0 saturated carbocycles. The molecule has 0 fully saturated rings. The molecule has 0 saturated heterocycles. The van der Waals surface area contributed by atoms with Crippen molar-refractivity contribution in [3.8, 4) is 0 Å². The highest BCUT2D eigenvalue weighted by Gasteiger charge is 2.36. The number of benzene rings is 2. The van der Waals surface area contributed by atoms with Crippen LogP contribution in [-0.4, -0.2) is 5.26 Å². The van der Waals surface area contributed by atoms with Crippen LogP contribution in [0.25, 0.3) is 11.6 Å². The Balaban J connectivity index is 1.71. The first kappa shape index (κ1) is 18.5. The van der Waals surface area contributed by atoms with Gasteiger partial charge in [-0.2, -0.15) is 0 Å². The second-order valence-electron chi connectivity index (χ2n) is 9.51. The maximum absolute atomic E-state index is 8.68. The Hall–Kier alpha value is -1.90. The summed E-state index contributed by atoms with van der Waals surface area (Å²) in [6.07, 6.45) is 6.99. The molecule has 4 rings (SSSR count). The summed E-state index contributed by atoms with van der Waals surface area (Å²) >= 11 is 0. The largest absolute Gasteiger partial charge is 0.251 e. The third-order valence-electron chi connectivity index (χ3n) is 6.63. The molecule has 0 amide bonds. The van der Waals surface area contributed by atoms with Crippen molar-refractivity contribution in [2.24, 2.45) is 0 Å². The Kier molecular flexibility index (Phi) is 4.52. The molecular formula is C25H30O2. The van der Waals surface area contributed by atoms with Gasteiger partial charge >= 0.3 is 0 Å². The molecule has 0 heterocycles. The van der Waals surface area contributed by atoms with E-state index in [9.17, 15) is 0 Å². The molecule has 0 aromatic heterocycles. The molecule has 0 unspecified atom stereocenters. The summed E-state index contributed by atoms with van der Waals surface area (Å²) in [5, 5.41) is 8.68. The second kappa shape index (κ2) is 6.61. The van der Waals surface area contributed by atoms with Gasteiger partial charge in [-0.15, -0.1) is 0 Å². The highest BCUT2D eigenvalue weighted by atomic mass is 17.1. The minimum Gasteiger partial charge on any atom is -0.251 e. The van der Waals surface area contributed by atoms with Crippen molar-refractivity contribution in [2.75, 3.05) is 0 Å². The average Bonchev–Trinajstić information content (AvgIpc) is 3.02. The molecule has 1 N–H and O–H groups in total. The third kappa shape index (κ3) is 3.37. The van der Waals surface area contributed by atoms with Crippen molar-refractivity contribution in [3.05, 3.63) is 69.8 Å². The molecule has 0 bridgehead atoms. The molecule has 2 aromatic carbocycles. The van der Waals surface area contributed by atoms with Crippen LogP contribution in [0.1, 0.15) is 80.3 Å². The monoisotopic (exact) mass is 362 g/mol. The van der Waals surface area contributed by atoms with Gasteiger partial charge in [0.05, 0.1) is 0 Å². The lowest BCUT2D eigenvalue weighted by atomic mass is 9.63. The third-order valence-corrected chi connectivity index (χ3v) is 6.63. The average molecular weight is 363 g/mol. The second-order valence-corrected chi connectivity index (χ2v) is 9.51. The zero-order chi connectivity index (χ0) is 19.2. The maximum atomic E-state index is 8.68. The van der Waals surface area contributed by atoms with E-state index in [2.05, 4.69) is 69.0 Å². The number of aryl methyl sites for hydroxylation is 1. The van der Waals surface area contributed by atoms with Crippen molar-refractivity contribution in [1.29, 1.82) is 0 Å². The molecule has 0 aliphatic heterocycles. The van der Waals surface area contributed by atoms with Crippen LogP contribution in [0.3, 0.4) is 0 Å². The van der Waals surface area contributed by atoms with E-state index >= 15 is 0 Å². The van der Waals surface area contributed by atoms with Crippen LogP contribution in [0.2, 0.25) is 0 Å². The first-order valence-corrected chi connectivity index (χ1v) is 10.0. The van der Waals surface area contributed by atoms with Gasteiger partial charge in [-0.1, -0.05) is 70.2 Å². The predicted molar refractivity (Wildman–Crippen MR) is 112 cm³/mol. The Morgan fingerprint density at radius 1 is 0.926 bits per heavy atom. The van der Waals surface area contributed by atoms with Gasteiger partial charge in [0.15, 0.2) is 0 Å². The van der Waals surface area contributed by atoms with Gasteiger partial charge in [-0.25, -0.2) is 4.89 Å². The number of allylic oxidation sites excluding steroid dienone is 1. The van der Waals surface area contributed by atoms with Crippen molar-refractivity contribution in [2.45, 2.75) is 70.8 Å². The summed E-state index contributed by atoms with van der Waals surface area (Å²) in [6, 6.07) is 13.5. The van der Waals surface area contributed by atoms with E-state index in [1.165, 1.54) is 46.2 Å². The standard InChI is InChI=1S/C25H30O2/c1-24(2)11-12-25(3,4)23-15-17(6-10-22(23)24)13-19-7-8-20-14-18(16-27-26)5-9-21(19)20/h5-6,9-10,13-15,26H,7-8,11-12,16H2,1-4H3/b19-13-. The summed E-state index contributed by atoms with van der Waals surface area (Å²) < 4.78 is 0. The van der Waals surface area contributed by atoms with E-state index in [1.54, 1.807) is 0 Å². The molecule has 2 aliphatic carbocycles. The first-order chi connectivity index (χ1) is 12.8. The molecule has 2 aromatic rings. The van der Waals surface area contributed by atoms with Crippen LogP contribution < -0.4 is 0 Å². The fourth-order valence-corrected chi connectivity index (χ4v) is 4.78. The number of fused-ring (bicyclic) bond motifs is 2. The van der Waals surface area contributed by atoms with E-state index in [-0.39, 0.29) is 17.4 Å². The smallest absolute Gasteiger partial charge is 0.107 e. The summed E-state index contributed by atoms with van der Waals surface area (Å²) in [4.78, 5) is 4.28. The molecule has 2 heteroatoms. The van der Waals surface area contributed by atoms with Crippen molar-refractivity contribution < 1.29 is 10.1 Å². The van der Waals surface area contributed by atoms with Gasteiger partial charge < -0.3 is 0 Å². The molecule has 2 nitrogen and oxygen atoms in total. The minimum absolute atomic E-state index is 0.242. The van der Waals surface area contributed by atoms with E-state index < -0.39 is 0 Å². The predicted octanol–water partition coefficient (Wildman–Crippen LogP) is 6.51. The summed E-state index contributed by atoms with van der Waals surface area (Å²) in [7, 11) is 0. The van der Waals surface area contributed by atoms with Crippen LogP contribution in [-0.2, 0) is 28.7 Å². The molecule has 0 radical (unpaired) electrons. The van der Waals surface area contributed by atoms with Crippen molar-refractivity contribution >= 4 is 11.6 Å². The number of hydrogen-bond donors (Lipinski definition) is 1. The van der Waals surface area contributed by atoms with Gasteiger partial charge in [0, 0.05) is 0 Å². The molecular weight excluding hydrogens is 332 g/mol. The highest BCUT2D eigenvalue weighted by molar-refractivity contribution is 5.85. The van der Waals surface area contributed by atoms with Gasteiger partial charge in [0.25, 0.3) is 0 Å². The normalized spacial score (nSPS) is 21.1. The van der Waals surface area contributed by atoms with E-state index in [1.807, 2.05) is 6.07 Å². The van der Waals surface area contributed by atoms with Crippen LogP contribution >= 0.6 is 0 Å². The van der Waals surface area contributed by atoms with Crippen molar-refractivity contribution in [1.82, 2.24) is 0 Å². The summed E-state index contributed by atoms with van der Waals surface area (Å²) in [6.45, 7) is 9.77. The zero-order valence-electron chi connectivity index (χ0n) is 16.9. The van der Waals surface area contributed by atoms with Gasteiger partial charge in [-0.05, 0) is 75.5 Å². The lowest BCUT2D eigenvalue weighted by Gasteiger charge is -2.42. The molecule has 142 valence electrons. The molecule has 2 aliphatic rings. The van der Waals surface area contributed by atoms with E-state index in [0.717, 1.165) is 18.4 Å². The topological polar surface area (TPSA) is 29.5 Å². The van der Waals surface area contributed by atoms with Gasteiger partial charge in [-0.3, -0.25) is 5.26 Å². The summed E-state index contributed by atoms with van der Waals surface area (Å²) in [5.74, 6) is 0. The Labute approximate surface area is 162 Å². The Bertz CT molecular complexity index is 903. The SMILES string of the molecule is CC1(C)CCC(C)(C)c2cc(/C=C3/CCc4cc(COO)ccc43)ccc21. The fourth-order valence-electron chi connectivity index (χ4n) is 4.78. The lowest BCUT2D eigenvalue weighted by Crippen LogP contribution is -2.33. The lowest BCUT2D eigenvalue weighted by molar-refractivity contribution is -0.253. The molecule has 0 atom stereocenters. The zero-order valence-corrected chi connectivity index (χ0v) is 16.9. The molecule has 0 spiro atoms. The minimum atomic E-state index is 0.242. The first-order valence-electron chi connectivity index (χ1n) is 10.0. The van der Waals surface area contributed by atoms with Crippen molar-refractivity contribution in [3.63, 3.8) is 0 Å². The van der Waals surface area contributed by atoms with E-state index in [0.29, 0.717) is 0 Å². The number of rotatable bonds is 3. The Morgan fingerprint density at radius 2 is 1.67 bits per heavy atom. The van der Waals surface area contributed by atoms with Crippen LogP contribution in [0.4, 0.5) is 0 Å².